The molecule has 0 aliphatic carbocycles. The lowest BCUT2D eigenvalue weighted by molar-refractivity contribution is 0.686. The van der Waals surface area contributed by atoms with Gasteiger partial charge in [-0.25, -0.2) is 4.99 Å². The molecule has 1 aromatic carbocycles. The van der Waals surface area contributed by atoms with Crippen molar-refractivity contribution in [3.8, 4) is 0 Å². The van der Waals surface area contributed by atoms with Gasteiger partial charge in [0.05, 0.1) is 19.3 Å². The fraction of sp³-hybridized carbons (Fsp3) is 0.474. The van der Waals surface area contributed by atoms with Crippen LogP contribution in [0.4, 0.5) is 0 Å². The molecule has 5 nitrogen and oxygen atoms in total. The lowest BCUT2D eigenvalue weighted by atomic mass is 10.2. The summed E-state index contributed by atoms with van der Waals surface area (Å²) in [6.07, 6.45) is 8.52. The Hall–Kier alpha value is -1.22. The normalized spacial score (nSPS) is 11.1. The third-order valence-corrected chi connectivity index (χ3v) is 4.40. The molecule has 2 rings (SSSR count). The number of benzene rings is 1. The van der Waals surface area contributed by atoms with Crippen LogP contribution in [0.1, 0.15) is 30.9 Å². The SMILES string of the molecule is CCNC(=NCc1cnn(Cc2ccccc2)c1)NCCCCSC.I. The van der Waals surface area contributed by atoms with E-state index in [1.807, 2.05) is 28.7 Å². The maximum absolute atomic E-state index is 4.66. The van der Waals surface area contributed by atoms with E-state index in [4.69, 9.17) is 0 Å². The average molecular weight is 487 g/mol. The Morgan fingerprint density at radius 1 is 1.15 bits per heavy atom. The molecule has 0 amide bonds. The van der Waals surface area contributed by atoms with E-state index in [0.29, 0.717) is 6.54 Å². The van der Waals surface area contributed by atoms with E-state index in [-0.39, 0.29) is 24.0 Å². The predicted octanol–water partition coefficient (Wildman–Crippen LogP) is 3.75. The maximum Gasteiger partial charge on any atom is 0.191 e. The highest BCUT2D eigenvalue weighted by Crippen LogP contribution is 2.05. The number of guanidine groups is 1. The first-order valence-electron chi connectivity index (χ1n) is 8.88. The van der Waals surface area contributed by atoms with Crippen molar-refractivity contribution < 1.29 is 0 Å². The Kier molecular flexibility index (Phi) is 12.2. The zero-order valence-corrected chi connectivity index (χ0v) is 18.8. The molecule has 0 fully saturated rings. The number of rotatable bonds is 10. The molecular weight excluding hydrogens is 457 g/mol. The molecule has 0 saturated carbocycles. The second-order valence-corrected chi connectivity index (χ2v) is 6.84. The Morgan fingerprint density at radius 3 is 2.69 bits per heavy atom. The minimum absolute atomic E-state index is 0. The van der Waals surface area contributed by atoms with Gasteiger partial charge in [0.2, 0.25) is 0 Å². The summed E-state index contributed by atoms with van der Waals surface area (Å²) >= 11 is 1.90. The van der Waals surface area contributed by atoms with E-state index < -0.39 is 0 Å². The molecule has 7 heteroatoms. The van der Waals surface area contributed by atoms with Crippen molar-refractivity contribution in [2.45, 2.75) is 32.9 Å². The van der Waals surface area contributed by atoms with Crippen LogP contribution < -0.4 is 10.6 Å². The molecule has 144 valence electrons. The second kappa shape index (κ2) is 13.9. The van der Waals surface area contributed by atoms with E-state index in [1.165, 1.54) is 24.2 Å². The average Bonchev–Trinajstić information content (AvgIpc) is 3.07. The van der Waals surface area contributed by atoms with E-state index >= 15 is 0 Å². The van der Waals surface area contributed by atoms with Crippen molar-refractivity contribution in [1.29, 1.82) is 0 Å². The van der Waals surface area contributed by atoms with E-state index in [0.717, 1.165) is 31.2 Å². The number of nitrogens with one attached hydrogen (secondary N) is 2. The quantitative estimate of drug-likeness (QED) is 0.232. The zero-order valence-electron chi connectivity index (χ0n) is 15.6. The van der Waals surface area contributed by atoms with E-state index in [2.05, 4.69) is 64.4 Å². The molecule has 26 heavy (non-hydrogen) atoms. The highest BCUT2D eigenvalue weighted by atomic mass is 127. The molecule has 0 atom stereocenters. The first-order chi connectivity index (χ1) is 12.3. The van der Waals surface area contributed by atoms with Crippen molar-refractivity contribution in [2.24, 2.45) is 4.99 Å². The summed E-state index contributed by atoms with van der Waals surface area (Å²) in [5.41, 5.74) is 2.37. The number of nitrogens with zero attached hydrogens (tertiary/aromatic N) is 3. The molecule has 2 N–H and O–H groups in total. The van der Waals surface area contributed by atoms with Crippen molar-refractivity contribution >= 4 is 41.7 Å². The van der Waals surface area contributed by atoms with Gasteiger partial charge < -0.3 is 10.6 Å². The second-order valence-electron chi connectivity index (χ2n) is 5.85. The Balaban J connectivity index is 0.00000338. The number of aromatic nitrogens is 2. The monoisotopic (exact) mass is 487 g/mol. The minimum atomic E-state index is 0. The van der Waals surface area contributed by atoms with Crippen molar-refractivity contribution in [3.63, 3.8) is 0 Å². The zero-order chi connectivity index (χ0) is 17.7. The van der Waals surface area contributed by atoms with Crippen LogP contribution in [-0.2, 0) is 13.1 Å². The lowest BCUT2D eigenvalue weighted by Crippen LogP contribution is -2.37. The van der Waals surface area contributed by atoms with Gasteiger partial charge in [-0.2, -0.15) is 16.9 Å². The predicted molar refractivity (Wildman–Crippen MR) is 124 cm³/mol. The molecule has 0 aliphatic rings. The van der Waals surface area contributed by atoms with Crippen LogP contribution in [0, 0.1) is 0 Å². The van der Waals surface area contributed by atoms with Crippen LogP contribution in [-0.4, -0.2) is 40.8 Å². The topological polar surface area (TPSA) is 54.2 Å². The molecule has 0 radical (unpaired) electrons. The maximum atomic E-state index is 4.66. The van der Waals surface area contributed by atoms with Gasteiger partial charge in [-0.1, -0.05) is 30.3 Å². The standard InChI is InChI=1S/C19H29N5S.HI/c1-3-20-19(21-11-7-8-12-25-2)22-13-18-14-23-24(16-18)15-17-9-5-4-6-10-17;/h4-6,9-10,14,16H,3,7-8,11-13,15H2,1-2H3,(H2,20,21,22);1H. The van der Waals surface area contributed by atoms with Gasteiger partial charge >= 0.3 is 0 Å². The number of aliphatic imine (C=N–C) groups is 1. The molecule has 0 bridgehead atoms. The molecule has 0 spiro atoms. The molecule has 0 unspecified atom stereocenters. The summed E-state index contributed by atoms with van der Waals surface area (Å²) in [7, 11) is 0. The lowest BCUT2D eigenvalue weighted by Gasteiger charge is -2.10. The highest BCUT2D eigenvalue weighted by molar-refractivity contribution is 14.0. The number of thioether (sulfide) groups is 1. The summed E-state index contributed by atoms with van der Waals surface area (Å²) in [5, 5.41) is 11.1. The van der Waals surface area contributed by atoms with Gasteiger partial charge in [0.15, 0.2) is 5.96 Å². The number of halogens is 1. The van der Waals surface area contributed by atoms with Crippen LogP contribution in [0.15, 0.2) is 47.7 Å². The fourth-order valence-corrected chi connectivity index (χ4v) is 2.93. The van der Waals surface area contributed by atoms with Gasteiger partial charge in [0, 0.05) is 24.8 Å². The summed E-state index contributed by atoms with van der Waals surface area (Å²) in [6.45, 7) is 5.33. The van der Waals surface area contributed by atoms with Crippen LogP contribution in [0.5, 0.6) is 0 Å². The first kappa shape index (κ1) is 22.8. The Morgan fingerprint density at radius 2 is 1.96 bits per heavy atom. The number of unbranched alkanes of at least 4 members (excludes halogenated alkanes) is 1. The third kappa shape index (κ3) is 8.93. The fourth-order valence-electron chi connectivity index (χ4n) is 2.44. The van der Waals surface area contributed by atoms with Crippen LogP contribution in [0.2, 0.25) is 0 Å². The van der Waals surface area contributed by atoms with Gasteiger partial charge in [-0.05, 0) is 37.3 Å². The van der Waals surface area contributed by atoms with Crippen molar-refractivity contribution in [1.82, 2.24) is 20.4 Å². The molecule has 1 aromatic heterocycles. The molecule has 0 aliphatic heterocycles. The van der Waals surface area contributed by atoms with E-state index in [9.17, 15) is 0 Å². The Labute approximate surface area is 178 Å². The molecule has 2 aromatic rings. The summed E-state index contributed by atoms with van der Waals surface area (Å²) < 4.78 is 1.96. The first-order valence-corrected chi connectivity index (χ1v) is 10.3. The highest BCUT2D eigenvalue weighted by Gasteiger charge is 2.01. The number of hydrogen-bond donors (Lipinski definition) is 2. The van der Waals surface area contributed by atoms with Crippen LogP contribution >= 0.6 is 35.7 Å². The summed E-state index contributed by atoms with van der Waals surface area (Å²) in [6, 6.07) is 10.4. The minimum Gasteiger partial charge on any atom is -0.357 e. The van der Waals surface area contributed by atoms with Gasteiger partial charge in [-0.15, -0.1) is 24.0 Å². The van der Waals surface area contributed by atoms with Gasteiger partial charge in [0.1, 0.15) is 0 Å². The molecular formula is C19H30IN5S. The van der Waals surface area contributed by atoms with E-state index in [1.54, 1.807) is 0 Å². The number of hydrogen-bond acceptors (Lipinski definition) is 3. The third-order valence-electron chi connectivity index (χ3n) is 3.71. The largest absolute Gasteiger partial charge is 0.357 e. The van der Waals surface area contributed by atoms with Gasteiger partial charge in [0.25, 0.3) is 0 Å². The smallest absolute Gasteiger partial charge is 0.191 e. The van der Waals surface area contributed by atoms with Gasteiger partial charge in [-0.3, -0.25) is 4.68 Å². The van der Waals surface area contributed by atoms with Crippen LogP contribution in [0.25, 0.3) is 0 Å². The summed E-state index contributed by atoms with van der Waals surface area (Å²) in [5.74, 6) is 2.10. The van der Waals surface area contributed by atoms with Crippen LogP contribution in [0.3, 0.4) is 0 Å². The van der Waals surface area contributed by atoms with Crippen molar-refractivity contribution in [2.75, 3.05) is 25.1 Å². The Bertz CT molecular complexity index is 630. The molecule has 1 heterocycles. The summed E-state index contributed by atoms with van der Waals surface area (Å²) in [4.78, 5) is 4.66. The molecule has 0 saturated heterocycles. The van der Waals surface area contributed by atoms with Crippen molar-refractivity contribution in [3.05, 3.63) is 53.9 Å².